The summed E-state index contributed by atoms with van der Waals surface area (Å²) in [4.78, 5) is 0. The Kier molecular flexibility index (Phi) is 3.75. The first-order chi connectivity index (χ1) is 8.19. The molecule has 0 saturated heterocycles. The molecule has 0 atom stereocenters. The molecule has 0 aliphatic carbocycles. The van der Waals surface area contributed by atoms with Crippen molar-refractivity contribution < 1.29 is 13.7 Å². The second kappa shape index (κ2) is 5.29. The summed E-state index contributed by atoms with van der Waals surface area (Å²) in [6, 6.07) is 5.92. The lowest BCUT2D eigenvalue weighted by atomic mass is 10.3. The van der Waals surface area contributed by atoms with Gasteiger partial charge in [0.1, 0.15) is 18.2 Å². The summed E-state index contributed by atoms with van der Waals surface area (Å²) in [5, 5.41) is 3.73. The lowest BCUT2D eigenvalue weighted by molar-refractivity contribution is 0.247. The third-order valence-corrected chi connectivity index (χ3v) is 2.70. The second-order valence-corrected chi connectivity index (χ2v) is 4.21. The summed E-state index contributed by atoms with van der Waals surface area (Å²) in [5.41, 5.74) is 6.07. The van der Waals surface area contributed by atoms with Crippen molar-refractivity contribution >= 4 is 15.9 Å². The lowest BCUT2D eigenvalue weighted by Crippen LogP contribution is -1.96. The van der Waals surface area contributed by atoms with Crippen molar-refractivity contribution in [3.8, 4) is 5.75 Å². The molecule has 0 radical (unpaired) electrons. The maximum absolute atomic E-state index is 12.8. The van der Waals surface area contributed by atoms with Crippen LogP contribution in [0.2, 0.25) is 0 Å². The van der Waals surface area contributed by atoms with E-state index in [0.717, 1.165) is 0 Å². The van der Waals surface area contributed by atoms with Crippen molar-refractivity contribution in [2.24, 2.45) is 5.73 Å². The molecule has 17 heavy (non-hydrogen) atoms. The highest BCUT2D eigenvalue weighted by Crippen LogP contribution is 2.26. The minimum absolute atomic E-state index is 0.219. The fraction of sp³-hybridized carbons (Fsp3) is 0.182. The molecule has 6 heteroatoms. The van der Waals surface area contributed by atoms with Gasteiger partial charge in [0.2, 0.25) is 0 Å². The van der Waals surface area contributed by atoms with Crippen LogP contribution in [-0.4, -0.2) is 5.16 Å². The summed E-state index contributed by atoms with van der Waals surface area (Å²) in [6.45, 7) is 0.543. The van der Waals surface area contributed by atoms with E-state index in [4.69, 9.17) is 15.0 Å². The minimum atomic E-state index is -0.325. The van der Waals surface area contributed by atoms with Crippen LogP contribution in [0.15, 0.2) is 33.3 Å². The summed E-state index contributed by atoms with van der Waals surface area (Å²) in [5.74, 6) is 0.785. The predicted octanol–water partition coefficient (Wildman–Crippen LogP) is 2.61. The van der Waals surface area contributed by atoms with Crippen LogP contribution in [-0.2, 0) is 13.2 Å². The minimum Gasteiger partial charge on any atom is -0.484 e. The highest BCUT2D eigenvalue weighted by molar-refractivity contribution is 9.10. The van der Waals surface area contributed by atoms with Crippen LogP contribution >= 0.6 is 15.9 Å². The Labute approximate surface area is 106 Å². The molecule has 0 aliphatic rings. The summed E-state index contributed by atoms with van der Waals surface area (Å²) < 4.78 is 23.8. The SMILES string of the molecule is NCc1cc(COc2ccc(F)cc2Br)on1. The zero-order valence-corrected chi connectivity index (χ0v) is 10.4. The Morgan fingerprint density at radius 1 is 1.41 bits per heavy atom. The van der Waals surface area contributed by atoms with E-state index < -0.39 is 0 Å². The Balaban J connectivity index is 2.02. The van der Waals surface area contributed by atoms with Crippen molar-refractivity contribution in [2.45, 2.75) is 13.2 Å². The van der Waals surface area contributed by atoms with Gasteiger partial charge in [-0.05, 0) is 34.1 Å². The molecule has 1 heterocycles. The molecule has 0 bridgehead atoms. The smallest absolute Gasteiger partial charge is 0.174 e. The molecule has 0 spiro atoms. The summed E-state index contributed by atoms with van der Waals surface area (Å²) in [6.07, 6.45) is 0. The number of nitrogens with two attached hydrogens (primary N) is 1. The number of nitrogens with zero attached hydrogens (tertiary/aromatic N) is 1. The quantitative estimate of drug-likeness (QED) is 0.943. The number of benzene rings is 1. The maximum atomic E-state index is 12.8. The Hall–Kier alpha value is -1.40. The highest BCUT2D eigenvalue weighted by atomic mass is 79.9. The molecule has 1 aromatic heterocycles. The van der Waals surface area contributed by atoms with E-state index in [9.17, 15) is 4.39 Å². The van der Waals surface area contributed by atoms with Crippen LogP contribution in [0.4, 0.5) is 4.39 Å². The average molecular weight is 301 g/mol. The molecule has 0 fully saturated rings. The Bertz CT molecular complexity index is 516. The molecule has 0 amide bonds. The molecule has 0 aliphatic heterocycles. The summed E-state index contributed by atoms with van der Waals surface area (Å²) in [7, 11) is 0. The van der Waals surface area contributed by atoms with E-state index >= 15 is 0 Å². The molecule has 2 N–H and O–H groups in total. The normalized spacial score (nSPS) is 10.5. The highest BCUT2D eigenvalue weighted by Gasteiger charge is 2.06. The van der Waals surface area contributed by atoms with Crippen molar-refractivity contribution in [3.63, 3.8) is 0 Å². The number of halogens is 2. The van der Waals surface area contributed by atoms with E-state index in [2.05, 4.69) is 21.1 Å². The van der Waals surface area contributed by atoms with Crippen LogP contribution in [0.25, 0.3) is 0 Å². The molecule has 1 aromatic carbocycles. The van der Waals surface area contributed by atoms with Crippen molar-refractivity contribution in [1.29, 1.82) is 0 Å². The molecule has 4 nitrogen and oxygen atoms in total. The number of aromatic nitrogens is 1. The third kappa shape index (κ3) is 3.04. The first-order valence-electron chi connectivity index (χ1n) is 4.91. The average Bonchev–Trinajstić information content (AvgIpc) is 2.76. The molecular weight excluding hydrogens is 291 g/mol. The molecule has 0 unspecified atom stereocenters. The fourth-order valence-electron chi connectivity index (χ4n) is 1.26. The zero-order chi connectivity index (χ0) is 12.3. The fourth-order valence-corrected chi connectivity index (χ4v) is 1.73. The van der Waals surface area contributed by atoms with Crippen LogP contribution < -0.4 is 10.5 Å². The maximum Gasteiger partial charge on any atom is 0.174 e. The standard InChI is InChI=1S/C11H10BrFN2O2/c12-10-3-7(13)1-2-11(10)16-6-9-4-8(5-14)15-17-9/h1-4H,5-6,14H2. The van der Waals surface area contributed by atoms with Crippen LogP contribution in [0.5, 0.6) is 5.75 Å². The zero-order valence-electron chi connectivity index (χ0n) is 8.82. The van der Waals surface area contributed by atoms with Gasteiger partial charge in [0.15, 0.2) is 5.76 Å². The van der Waals surface area contributed by atoms with Crippen molar-refractivity contribution in [2.75, 3.05) is 0 Å². The molecular formula is C11H10BrFN2O2. The van der Waals surface area contributed by atoms with Gasteiger partial charge in [-0.15, -0.1) is 0 Å². The van der Waals surface area contributed by atoms with Gasteiger partial charge in [-0.3, -0.25) is 0 Å². The predicted molar refractivity (Wildman–Crippen MR) is 62.8 cm³/mol. The van der Waals surface area contributed by atoms with E-state index in [1.165, 1.54) is 12.1 Å². The van der Waals surface area contributed by atoms with Crippen molar-refractivity contribution in [1.82, 2.24) is 5.16 Å². The largest absolute Gasteiger partial charge is 0.484 e. The van der Waals surface area contributed by atoms with Gasteiger partial charge in [-0.1, -0.05) is 5.16 Å². The topological polar surface area (TPSA) is 61.3 Å². The lowest BCUT2D eigenvalue weighted by Gasteiger charge is -2.05. The van der Waals surface area contributed by atoms with E-state index in [-0.39, 0.29) is 12.4 Å². The van der Waals surface area contributed by atoms with Gasteiger partial charge < -0.3 is 15.0 Å². The van der Waals surface area contributed by atoms with Gasteiger partial charge in [0, 0.05) is 12.6 Å². The first kappa shape index (κ1) is 12.1. The Morgan fingerprint density at radius 3 is 2.88 bits per heavy atom. The number of hydrogen-bond donors (Lipinski definition) is 1. The van der Waals surface area contributed by atoms with Crippen molar-refractivity contribution in [3.05, 3.63) is 46.0 Å². The number of hydrogen-bond acceptors (Lipinski definition) is 4. The first-order valence-corrected chi connectivity index (χ1v) is 5.70. The van der Waals surface area contributed by atoms with E-state index in [1.807, 2.05) is 0 Å². The second-order valence-electron chi connectivity index (χ2n) is 3.35. The molecule has 90 valence electrons. The van der Waals surface area contributed by atoms with Gasteiger partial charge in [-0.2, -0.15) is 0 Å². The van der Waals surface area contributed by atoms with Crippen LogP contribution in [0.1, 0.15) is 11.5 Å². The van der Waals surface area contributed by atoms with Gasteiger partial charge in [-0.25, -0.2) is 4.39 Å². The third-order valence-electron chi connectivity index (χ3n) is 2.08. The molecule has 0 saturated carbocycles. The van der Waals surface area contributed by atoms with E-state index in [0.29, 0.717) is 28.2 Å². The van der Waals surface area contributed by atoms with Crippen LogP contribution in [0.3, 0.4) is 0 Å². The van der Waals surface area contributed by atoms with E-state index in [1.54, 1.807) is 12.1 Å². The summed E-state index contributed by atoms with van der Waals surface area (Å²) >= 11 is 3.21. The molecule has 2 aromatic rings. The van der Waals surface area contributed by atoms with Gasteiger partial charge in [0.05, 0.1) is 10.2 Å². The Morgan fingerprint density at radius 2 is 2.24 bits per heavy atom. The van der Waals surface area contributed by atoms with Gasteiger partial charge in [0.25, 0.3) is 0 Å². The van der Waals surface area contributed by atoms with Crippen LogP contribution in [0, 0.1) is 5.82 Å². The number of ether oxygens (including phenoxy) is 1. The van der Waals surface area contributed by atoms with Gasteiger partial charge >= 0.3 is 0 Å². The molecule has 2 rings (SSSR count). The number of rotatable bonds is 4. The monoisotopic (exact) mass is 300 g/mol.